The minimum absolute atomic E-state index is 0.0964. The number of allylic oxidation sites excluding steroid dienone is 1. The quantitative estimate of drug-likeness (QED) is 0.697. The lowest BCUT2D eigenvalue weighted by Crippen LogP contribution is -2.23. The van der Waals surface area contributed by atoms with E-state index < -0.39 is 5.97 Å². The van der Waals surface area contributed by atoms with E-state index in [4.69, 9.17) is 16.3 Å². The predicted octanol–water partition coefficient (Wildman–Crippen LogP) is 3.42. The average Bonchev–Trinajstić information content (AvgIpc) is 3.00. The number of Topliss-reactive ketones (excluding diaryl/α,β-unsaturated/α-hetero) is 1. The van der Waals surface area contributed by atoms with E-state index in [2.05, 4.69) is 4.98 Å². The molecule has 2 aromatic rings. The molecule has 0 unspecified atom stereocenters. The van der Waals surface area contributed by atoms with Crippen LogP contribution in [0.1, 0.15) is 28.5 Å². The zero-order valence-corrected chi connectivity index (χ0v) is 12.7. The maximum Gasteiger partial charge on any atom is 0.342 e. The first-order chi connectivity index (χ1) is 10.6. The van der Waals surface area contributed by atoms with Crippen molar-refractivity contribution in [2.75, 3.05) is 6.61 Å². The Morgan fingerprint density at radius 1 is 1.36 bits per heavy atom. The second-order valence-corrected chi connectivity index (χ2v) is 5.40. The molecule has 0 atom stereocenters. The summed E-state index contributed by atoms with van der Waals surface area (Å²) in [5.74, 6) is -0.904. The Bertz CT molecular complexity index is 775. The first-order valence-electron chi connectivity index (χ1n) is 6.99. The monoisotopic (exact) mass is 315 g/mol. The molecule has 0 spiro atoms. The number of benzene rings is 1. The third kappa shape index (κ3) is 2.46. The molecule has 1 aliphatic carbocycles. The summed E-state index contributed by atoms with van der Waals surface area (Å²) in [6, 6.07) is 8.73. The van der Waals surface area contributed by atoms with E-state index in [1.807, 2.05) is 12.1 Å². The number of H-pyrrole nitrogens is 1. The van der Waals surface area contributed by atoms with Gasteiger partial charge >= 0.3 is 5.97 Å². The van der Waals surface area contributed by atoms with Crippen molar-refractivity contribution in [1.82, 2.24) is 4.98 Å². The van der Waals surface area contributed by atoms with Gasteiger partial charge in [-0.15, -0.1) is 0 Å². The largest absolute Gasteiger partial charge is 0.462 e. The van der Waals surface area contributed by atoms with Gasteiger partial charge in [-0.2, -0.15) is 0 Å². The number of halogens is 1. The van der Waals surface area contributed by atoms with Crippen molar-refractivity contribution in [1.29, 1.82) is 0 Å². The minimum atomic E-state index is -0.585. The van der Waals surface area contributed by atoms with Gasteiger partial charge in [-0.1, -0.05) is 11.6 Å². The van der Waals surface area contributed by atoms with E-state index in [-0.39, 0.29) is 18.0 Å². The summed E-state index contributed by atoms with van der Waals surface area (Å²) >= 11 is 6.02. The van der Waals surface area contributed by atoms with Crippen LogP contribution in [0, 0.1) is 0 Å². The smallest absolute Gasteiger partial charge is 0.342 e. The van der Waals surface area contributed by atoms with Gasteiger partial charge < -0.3 is 9.72 Å². The summed E-state index contributed by atoms with van der Waals surface area (Å²) in [4.78, 5) is 28.0. The molecular weight excluding hydrogens is 302 g/mol. The molecule has 112 valence electrons. The predicted molar refractivity (Wildman–Crippen MR) is 83.8 cm³/mol. The zero-order valence-electron chi connectivity index (χ0n) is 12.0. The second-order valence-electron chi connectivity index (χ2n) is 4.97. The van der Waals surface area contributed by atoms with E-state index in [0.717, 1.165) is 11.3 Å². The molecule has 0 bridgehead atoms. The summed E-state index contributed by atoms with van der Waals surface area (Å²) in [6.07, 6.45) is 2.21. The number of hydrogen-bond donors (Lipinski definition) is 1. The van der Waals surface area contributed by atoms with Crippen molar-refractivity contribution in [2.24, 2.45) is 0 Å². The summed E-state index contributed by atoms with van der Waals surface area (Å²) in [6.45, 7) is 1.94. The number of aromatic amines is 1. The van der Waals surface area contributed by atoms with Crippen LogP contribution in [0.25, 0.3) is 5.57 Å². The molecule has 0 saturated carbocycles. The van der Waals surface area contributed by atoms with Gasteiger partial charge in [0.15, 0.2) is 0 Å². The number of ether oxygens (including phenoxy) is 1. The highest BCUT2D eigenvalue weighted by molar-refractivity contribution is 6.32. The van der Waals surface area contributed by atoms with Crippen LogP contribution in [0.4, 0.5) is 0 Å². The van der Waals surface area contributed by atoms with Gasteiger partial charge in [0, 0.05) is 28.9 Å². The summed E-state index contributed by atoms with van der Waals surface area (Å²) in [5.41, 5.74) is 2.79. The van der Waals surface area contributed by atoms with Gasteiger partial charge in [-0.05, 0) is 48.4 Å². The molecule has 1 heterocycles. The molecule has 22 heavy (non-hydrogen) atoms. The highest BCUT2D eigenvalue weighted by Gasteiger charge is 2.32. The fraction of sp³-hybridized carbons (Fsp3) is 0.176. The summed E-state index contributed by atoms with van der Waals surface area (Å²) in [7, 11) is 0. The van der Waals surface area contributed by atoms with E-state index >= 15 is 0 Å². The van der Waals surface area contributed by atoms with Crippen molar-refractivity contribution in [3.8, 4) is 0 Å². The molecule has 0 saturated heterocycles. The molecule has 1 aliphatic rings. The highest BCUT2D eigenvalue weighted by atomic mass is 35.5. The van der Waals surface area contributed by atoms with E-state index in [1.165, 1.54) is 0 Å². The Labute approximate surface area is 132 Å². The topological polar surface area (TPSA) is 59.2 Å². The molecule has 4 nitrogen and oxygen atoms in total. The van der Waals surface area contributed by atoms with Crippen LogP contribution in [0.15, 0.2) is 42.1 Å². The van der Waals surface area contributed by atoms with Gasteiger partial charge in [0.1, 0.15) is 5.57 Å². The lowest BCUT2D eigenvalue weighted by molar-refractivity contribution is -0.138. The molecular formula is C17H14ClNO3. The highest BCUT2D eigenvalue weighted by Crippen LogP contribution is 2.33. The van der Waals surface area contributed by atoms with Crippen LogP contribution >= 0.6 is 11.6 Å². The van der Waals surface area contributed by atoms with Crippen LogP contribution < -0.4 is 0 Å². The fourth-order valence-electron chi connectivity index (χ4n) is 2.65. The standard InChI is InChI=1S/C17H14ClNO3/c1-2-22-17(21)15-13(14-4-3-7-19-14)9-10-8-11(18)5-6-12(10)16(15)20/h3-8,19H,2,9H2,1H3. The van der Waals surface area contributed by atoms with Crippen LogP contribution in [-0.4, -0.2) is 23.3 Å². The van der Waals surface area contributed by atoms with Crippen LogP contribution in [-0.2, 0) is 16.0 Å². The number of carbonyl (C=O) groups excluding carboxylic acids is 2. The Morgan fingerprint density at radius 2 is 2.18 bits per heavy atom. The first kappa shape index (κ1) is 14.6. The van der Waals surface area contributed by atoms with Crippen molar-refractivity contribution < 1.29 is 14.3 Å². The van der Waals surface area contributed by atoms with Gasteiger partial charge in [-0.25, -0.2) is 4.79 Å². The Kier molecular flexibility index (Phi) is 3.86. The molecule has 1 aromatic heterocycles. The Hall–Kier alpha value is -2.33. The third-order valence-corrected chi connectivity index (χ3v) is 3.85. The molecule has 0 radical (unpaired) electrons. The summed E-state index contributed by atoms with van der Waals surface area (Å²) < 4.78 is 5.06. The molecule has 0 amide bonds. The second kappa shape index (κ2) is 5.81. The van der Waals surface area contributed by atoms with Gasteiger partial charge in [-0.3, -0.25) is 4.79 Å². The maximum atomic E-state index is 12.7. The zero-order chi connectivity index (χ0) is 15.7. The van der Waals surface area contributed by atoms with E-state index in [1.54, 1.807) is 31.3 Å². The molecule has 0 fully saturated rings. The van der Waals surface area contributed by atoms with Gasteiger partial charge in [0.25, 0.3) is 0 Å². The number of carbonyl (C=O) groups is 2. The summed E-state index contributed by atoms with van der Waals surface area (Å²) in [5, 5.41) is 0.567. The van der Waals surface area contributed by atoms with Crippen molar-refractivity contribution in [3.05, 3.63) is 63.9 Å². The van der Waals surface area contributed by atoms with Gasteiger partial charge in [0.2, 0.25) is 5.78 Å². The number of rotatable bonds is 3. The first-order valence-corrected chi connectivity index (χ1v) is 7.36. The lowest BCUT2D eigenvalue weighted by atomic mass is 9.83. The number of hydrogen-bond acceptors (Lipinski definition) is 3. The number of fused-ring (bicyclic) bond motifs is 1. The number of ketones is 1. The lowest BCUT2D eigenvalue weighted by Gasteiger charge is -2.20. The minimum Gasteiger partial charge on any atom is -0.462 e. The van der Waals surface area contributed by atoms with Crippen LogP contribution in [0.3, 0.4) is 0 Å². The number of esters is 1. The molecule has 3 rings (SSSR count). The van der Waals surface area contributed by atoms with E-state index in [9.17, 15) is 9.59 Å². The third-order valence-electron chi connectivity index (χ3n) is 3.61. The fourth-order valence-corrected chi connectivity index (χ4v) is 2.84. The normalized spacial score (nSPS) is 14.0. The van der Waals surface area contributed by atoms with Crippen molar-refractivity contribution >= 4 is 28.9 Å². The number of nitrogens with one attached hydrogen (secondary N) is 1. The average molecular weight is 316 g/mol. The van der Waals surface area contributed by atoms with Crippen LogP contribution in [0.2, 0.25) is 5.02 Å². The van der Waals surface area contributed by atoms with Crippen LogP contribution in [0.5, 0.6) is 0 Å². The van der Waals surface area contributed by atoms with Crippen molar-refractivity contribution in [2.45, 2.75) is 13.3 Å². The molecule has 5 heteroatoms. The molecule has 1 N–H and O–H groups in total. The molecule has 0 aliphatic heterocycles. The van der Waals surface area contributed by atoms with E-state index in [0.29, 0.717) is 22.6 Å². The SMILES string of the molecule is CCOC(=O)C1=C(c2ccc[nH]2)Cc2cc(Cl)ccc2C1=O. The van der Waals surface area contributed by atoms with Gasteiger partial charge in [0.05, 0.1) is 6.61 Å². The maximum absolute atomic E-state index is 12.7. The molecule has 1 aromatic carbocycles. The Morgan fingerprint density at radius 3 is 2.86 bits per heavy atom. The Balaban J connectivity index is 2.17. The number of aromatic nitrogens is 1. The van der Waals surface area contributed by atoms with Crippen molar-refractivity contribution in [3.63, 3.8) is 0 Å².